The van der Waals surface area contributed by atoms with Crippen molar-refractivity contribution in [2.45, 2.75) is 20.5 Å². The Balaban J connectivity index is 1.62. The number of hydrogen-bond acceptors (Lipinski definition) is 5. The Morgan fingerprint density at radius 3 is 2.35 bits per heavy atom. The summed E-state index contributed by atoms with van der Waals surface area (Å²) in [5, 5.41) is 6.88. The first kappa shape index (κ1) is 24.7. The third-order valence-electron chi connectivity index (χ3n) is 4.80. The zero-order chi connectivity index (χ0) is 24.7. The molecule has 176 valence electrons. The van der Waals surface area contributed by atoms with Gasteiger partial charge in [-0.25, -0.2) is 9.82 Å². The maximum absolute atomic E-state index is 12.9. The van der Waals surface area contributed by atoms with Gasteiger partial charge in [-0.2, -0.15) is 5.10 Å². The molecule has 2 amide bonds. The van der Waals surface area contributed by atoms with E-state index >= 15 is 0 Å². The van der Waals surface area contributed by atoms with Crippen LogP contribution in [0.15, 0.2) is 59.7 Å². The number of halogens is 2. The van der Waals surface area contributed by atoms with Crippen LogP contribution < -0.4 is 20.2 Å². The van der Waals surface area contributed by atoms with Crippen LogP contribution in [0.5, 0.6) is 11.5 Å². The number of hydrazone groups is 1. The fourth-order valence-electron chi connectivity index (χ4n) is 3.08. The number of methoxy groups -OCH3 is 1. The number of anilines is 1. The van der Waals surface area contributed by atoms with Crippen LogP contribution in [0.3, 0.4) is 0 Å². The van der Waals surface area contributed by atoms with Crippen molar-refractivity contribution in [2.75, 3.05) is 12.4 Å². The van der Waals surface area contributed by atoms with Gasteiger partial charge in [0.2, 0.25) is 0 Å². The summed E-state index contributed by atoms with van der Waals surface area (Å²) in [7, 11) is 1.56. The monoisotopic (exact) mass is 483 g/mol. The predicted molar refractivity (Wildman–Crippen MR) is 129 cm³/mol. The number of aryl methyl sites for hydroxylation is 2. The van der Waals surface area contributed by atoms with Gasteiger partial charge in [-0.05, 0) is 85.1 Å². The van der Waals surface area contributed by atoms with Gasteiger partial charge in [0.1, 0.15) is 23.9 Å². The zero-order valence-corrected chi connectivity index (χ0v) is 19.6. The lowest BCUT2D eigenvalue weighted by Gasteiger charge is -2.13. The van der Waals surface area contributed by atoms with Gasteiger partial charge in [-0.1, -0.05) is 11.6 Å². The van der Waals surface area contributed by atoms with Crippen LogP contribution in [0.4, 0.5) is 10.1 Å². The molecule has 0 radical (unpaired) electrons. The number of carbonyl (C=O) groups excluding carboxylic acids is 2. The van der Waals surface area contributed by atoms with Crippen molar-refractivity contribution >= 4 is 35.3 Å². The lowest BCUT2D eigenvalue weighted by Crippen LogP contribution is -2.32. The number of amides is 2. The molecule has 0 aliphatic carbocycles. The first-order chi connectivity index (χ1) is 16.3. The van der Waals surface area contributed by atoms with E-state index in [1.165, 1.54) is 30.5 Å². The Kier molecular flexibility index (Phi) is 8.21. The summed E-state index contributed by atoms with van der Waals surface area (Å²) in [6, 6.07) is 14.0. The Hall–Kier alpha value is -3.91. The second-order valence-electron chi connectivity index (χ2n) is 7.39. The molecule has 0 fully saturated rings. The molecule has 3 rings (SSSR count). The maximum Gasteiger partial charge on any atom is 0.329 e. The third-order valence-corrected chi connectivity index (χ3v) is 5.39. The maximum atomic E-state index is 12.9. The Labute approximate surface area is 201 Å². The Bertz CT molecular complexity index is 1210. The summed E-state index contributed by atoms with van der Waals surface area (Å²) in [5.41, 5.74) is 5.70. The highest BCUT2D eigenvalue weighted by Crippen LogP contribution is 2.27. The van der Waals surface area contributed by atoms with E-state index in [4.69, 9.17) is 21.1 Å². The first-order valence-electron chi connectivity index (χ1n) is 10.2. The molecule has 34 heavy (non-hydrogen) atoms. The molecule has 0 aliphatic heterocycles. The van der Waals surface area contributed by atoms with Crippen molar-refractivity contribution in [3.8, 4) is 11.5 Å². The largest absolute Gasteiger partial charge is 0.496 e. The number of nitrogens with one attached hydrogen (secondary N) is 2. The van der Waals surface area contributed by atoms with Crippen LogP contribution in [0.25, 0.3) is 0 Å². The molecule has 0 saturated carbocycles. The third kappa shape index (κ3) is 6.55. The summed E-state index contributed by atoms with van der Waals surface area (Å²) >= 11 is 6.21. The normalized spacial score (nSPS) is 10.7. The van der Waals surface area contributed by atoms with Crippen molar-refractivity contribution in [3.63, 3.8) is 0 Å². The van der Waals surface area contributed by atoms with Gasteiger partial charge in [-0.15, -0.1) is 0 Å². The lowest BCUT2D eigenvalue weighted by molar-refractivity contribution is -0.136. The van der Waals surface area contributed by atoms with E-state index in [0.29, 0.717) is 22.1 Å². The van der Waals surface area contributed by atoms with E-state index in [1.807, 2.05) is 26.0 Å². The fraction of sp³-hybridized carbons (Fsp3) is 0.160. The minimum absolute atomic E-state index is 0.234. The van der Waals surface area contributed by atoms with Crippen molar-refractivity contribution in [2.24, 2.45) is 5.10 Å². The molecule has 0 saturated heterocycles. The molecule has 0 spiro atoms. The SMILES string of the molecule is COc1ccc(/C=N/NC(=O)C(=O)Nc2ccc(F)cc2)cc1COc1cc(C)c(Cl)c(C)c1. The van der Waals surface area contributed by atoms with E-state index < -0.39 is 17.6 Å². The highest BCUT2D eigenvalue weighted by atomic mass is 35.5. The van der Waals surface area contributed by atoms with E-state index in [-0.39, 0.29) is 12.3 Å². The molecule has 9 heteroatoms. The molecule has 3 aromatic rings. The van der Waals surface area contributed by atoms with Crippen LogP contribution in [0.2, 0.25) is 5.02 Å². The van der Waals surface area contributed by atoms with Gasteiger partial charge in [0, 0.05) is 16.3 Å². The minimum Gasteiger partial charge on any atom is -0.496 e. The summed E-state index contributed by atoms with van der Waals surface area (Å²) in [4.78, 5) is 23.9. The van der Waals surface area contributed by atoms with Gasteiger partial charge in [0.15, 0.2) is 0 Å². The molecule has 0 heterocycles. The number of carbonyl (C=O) groups is 2. The molecule has 0 unspecified atom stereocenters. The van der Waals surface area contributed by atoms with Gasteiger partial charge in [0.05, 0.1) is 13.3 Å². The summed E-state index contributed by atoms with van der Waals surface area (Å²) in [6.07, 6.45) is 1.39. The smallest absolute Gasteiger partial charge is 0.329 e. The average molecular weight is 484 g/mol. The van der Waals surface area contributed by atoms with Crippen LogP contribution in [0.1, 0.15) is 22.3 Å². The number of rotatable bonds is 7. The standard InChI is InChI=1S/C25H23ClFN3O4/c1-15-10-21(11-16(2)23(15)26)34-14-18-12-17(4-9-22(18)33-3)13-28-30-25(32)24(31)29-20-7-5-19(27)6-8-20/h4-13H,14H2,1-3H3,(H,29,31)(H,30,32)/b28-13+. The van der Waals surface area contributed by atoms with Crippen LogP contribution >= 0.6 is 11.6 Å². The highest BCUT2D eigenvalue weighted by Gasteiger charge is 2.13. The molecule has 0 aliphatic rings. The average Bonchev–Trinajstić information content (AvgIpc) is 2.82. The molecular formula is C25H23ClFN3O4. The molecule has 0 atom stereocenters. The summed E-state index contributed by atoms with van der Waals surface area (Å²) in [5.74, 6) is -1.04. The predicted octanol–water partition coefficient (Wildman–Crippen LogP) is 4.77. The van der Waals surface area contributed by atoms with E-state index in [0.717, 1.165) is 16.7 Å². The molecule has 3 aromatic carbocycles. The molecular weight excluding hydrogens is 461 g/mol. The van der Waals surface area contributed by atoms with Crippen LogP contribution in [-0.2, 0) is 16.2 Å². The topological polar surface area (TPSA) is 89.0 Å². The minimum atomic E-state index is -0.967. The van der Waals surface area contributed by atoms with Crippen molar-refractivity contribution in [1.82, 2.24) is 5.43 Å². The second kappa shape index (κ2) is 11.3. The molecule has 0 aromatic heterocycles. The van der Waals surface area contributed by atoms with Gasteiger partial charge < -0.3 is 14.8 Å². The van der Waals surface area contributed by atoms with E-state index in [2.05, 4.69) is 15.8 Å². The molecule has 0 bridgehead atoms. The summed E-state index contributed by atoms with van der Waals surface area (Å²) < 4.78 is 24.3. The van der Waals surface area contributed by atoms with Gasteiger partial charge >= 0.3 is 11.8 Å². The zero-order valence-electron chi connectivity index (χ0n) is 18.8. The number of hydrogen-bond donors (Lipinski definition) is 2. The van der Waals surface area contributed by atoms with Crippen LogP contribution in [0, 0.1) is 19.7 Å². The fourth-order valence-corrected chi connectivity index (χ4v) is 3.19. The van der Waals surface area contributed by atoms with Crippen LogP contribution in [-0.4, -0.2) is 25.1 Å². The molecule has 7 nitrogen and oxygen atoms in total. The van der Waals surface area contributed by atoms with Crippen molar-refractivity contribution in [1.29, 1.82) is 0 Å². The first-order valence-corrected chi connectivity index (χ1v) is 10.6. The molecule has 2 N–H and O–H groups in total. The summed E-state index contributed by atoms with van der Waals surface area (Å²) in [6.45, 7) is 4.06. The lowest BCUT2D eigenvalue weighted by atomic mass is 10.1. The number of nitrogens with zero attached hydrogens (tertiary/aromatic N) is 1. The van der Waals surface area contributed by atoms with E-state index in [9.17, 15) is 14.0 Å². The quantitative estimate of drug-likeness (QED) is 0.288. The highest BCUT2D eigenvalue weighted by molar-refractivity contribution is 6.39. The number of benzene rings is 3. The second-order valence-corrected chi connectivity index (χ2v) is 7.77. The van der Waals surface area contributed by atoms with E-state index in [1.54, 1.807) is 25.3 Å². The number of ether oxygens (including phenoxy) is 2. The van der Waals surface area contributed by atoms with Crippen molar-refractivity contribution < 1.29 is 23.5 Å². The van der Waals surface area contributed by atoms with Gasteiger partial charge in [0.25, 0.3) is 0 Å². The van der Waals surface area contributed by atoms with Crippen molar-refractivity contribution in [3.05, 3.63) is 87.7 Å². The van der Waals surface area contributed by atoms with Gasteiger partial charge in [-0.3, -0.25) is 9.59 Å². The Morgan fingerprint density at radius 2 is 1.71 bits per heavy atom. The Morgan fingerprint density at radius 1 is 1.03 bits per heavy atom.